The molecule has 0 spiro atoms. The van der Waals surface area contributed by atoms with Crippen LogP contribution in [0.5, 0.6) is 0 Å². The number of halogens is 7. The molecule has 0 N–H and O–H groups in total. The Hall–Kier alpha value is -4.05. The molecule has 0 unspecified atom stereocenters. The second kappa shape index (κ2) is 12.4. The van der Waals surface area contributed by atoms with Crippen LogP contribution in [0.2, 0.25) is 0 Å². The van der Waals surface area contributed by atoms with Gasteiger partial charge in [0.2, 0.25) is 0 Å². The molecule has 0 saturated heterocycles. The second-order valence-electron chi connectivity index (χ2n) is 9.43. The first-order chi connectivity index (χ1) is 19.1. The fourth-order valence-corrected chi connectivity index (χ4v) is 4.46. The van der Waals surface area contributed by atoms with Crippen molar-refractivity contribution in [3.63, 3.8) is 0 Å². The Bertz CT molecular complexity index is 1580. The molecule has 4 aromatic carbocycles. The van der Waals surface area contributed by atoms with Gasteiger partial charge in [0, 0.05) is 16.7 Å². The van der Waals surface area contributed by atoms with E-state index in [0.717, 1.165) is 43.0 Å². The number of benzene rings is 4. The third-order valence-corrected chi connectivity index (χ3v) is 6.65. The minimum Gasteiger partial charge on any atom is -0.206 e. The quantitative estimate of drug-likeness (QED) is 0.0924. The zero-order chi connectivity index (χ0) is 29.0. The van der Waals surface area contributed by atoms with Gasteiger partial charge in [0.15, 0.2) is 17.5 Å². The van der Waals surface area contributed by atoms with Crippen molar-refractivity contribution in [3.05, 3.63) is 118 Å². The Kier molecular flexibility index (Phi) is 8.99. The first-order valence-electron chi connectivity index (χ1n) is 12.9. The summed E-state index contributed by atoms with van der Waals surface area (Å²) in [5.74, 6) is -3.16. The van der Waals surface area contributed by atoms with Crippen LogP contribution in [0.3, 0.4) is 0 Å². The molecule has 0 fully saturated rings. The summed E-state index contributed by atoms with van der Waals surface area (Å²) in [5.41, 5.74) is 0.453. The van der Waals surface area contributed by atoms with E-state index in [1.54, 1.807) is 13.0 Å². The molecule has 40 heavy (non-hydrogen) atoms. The first-order valence-corrected chi connectivity index (χ1v) is 12.9. The van der Waals surface area contributed by atoms with Crippen molar-refractivity contribution >= 4 is 0 Å². The third kappa shape index (κ3) is 6.22. The van der Waals surface area contributed by atoms with Crippen LogP contribution < -0.4 is 0 Å². The monoisotopic (exact) mass is 554 g/mol. The number of hydrogen-bond acceptors (Lipinski definition) is 0. The molecule has 0 heterocycles. The van der Waals surface area contributed by atoms with Crippen molar-refractivity contribution in [3.8, 4) is 34.1 Å². The Labute approximate surface area is 228 Å². The van der Waals surface area contributed by atoms with Crippen molar-refractivity contribution in [1.82, 2.24) is 0 Å². The molecule has 0 aliphatic heterocycles. The van der Waals surface area contributed by atoms with Crippen LogP contribution in [0.4, 0.5) is 30.7 Å². The lowest BCUT2D eigenvalue weighted by molar-refractivity contribution is 0.447. The Morgan fingerprint density at radius 1 is 0.575 bits per heavy atom. The minimum absolute atomic E-state index is 0.0153. The molecule has 0 aliphatic carbocycles. The van der Waals surface area contributed by atoms with Gasteiger partial charge in [-0.05, 0) is 84.0 Å². The summed E-state index contributed by atoms with van der Waals surface area (Å²) in [4.78, 5) is 0. The molecule has 0 aliphatic rings. The fourth-order valence-electron chi connectivity index (χ4n) is 4.46. The number of aryl methyl sites for hydroxylation is 2. The smallest absolute Gasteiger partial charge is 0.194 e. The SMILES string of the molecule is CCCCCc1ccc(-c2cc(F)c(C#Cc3cc(F)c(-c4cc(F)c(F)c(F)c4)cc3CC)c(F)c2)c(F)c1. The summed E-state index contributed by atoms with van der Waals surface area (Å²) in [6.45, 7) is 3.79. The van der Waals surface area contributed by atoms with Crippen LogP contribution in [0.15, 0.2) is 54.6 Å². The van der Waals surface area contributed by atoms with Gasteiger partial charge in [-0.3, -0.25) is 0 Å². The lowest BCUT2D eigenvalue weighted by Crippen LogP contribution is -1.98. The van der Waals surface area contributed by atoms with Crippen LogP contribution >= 0.6 is 0 Å². The fraction of sp³-hybridized carbons (Fsp3) is 0.212. The summed E-state index contributed by atoms with van der Waals surface area (Å²) >= 11 is 0. The maximum Gasteiger partial charge on any atom is 0.194 e. The molecule has 4 aromatic rings. The van der Waals surface area contributed by atoms with Gasteiger partial charge in [-0.2, -0.15) is 0 Å². The Morgan fingerprint density at radius 2 is 1.18 bits per heavy atom. The summed E-state index contributed by atoms with van der Waals surface area (Å²) < 4.78 is 100. The highest BCUT2D eigenvalue weighted by Crippen LogP contribution is 2.30. The summed E-state index contributed by atoms with van der Waals surface area (Å²) in [5, 5.41) is 0. The third-order valence-electron chi connectivity index (χ3n) is 6.65. The molecular weight excluding hydrogens is 529 g/mol. The van der Waals surface area contributed by atoms with Gasteiger partial charge >= 0.3 is 0 Å². The number of hydrogen-bond donors (Lipinski definition) is 0. The van der Waals surface area contributed by atoms with Crippen molar-refractivity contribution in [1.29, 1.82) is 0 Å². The van der Waals surface area contributed by atoms with Gasteiger partial charge in [0.1, 0.15) is 23.3 Å². The van der Waals surface area contributed by atoms with Crippen LogP contribution in [-0.4, -0.2) is 0 Å². The van der Waals surface area contributed by atoms with E-state index in [4.69, 9.17) is 0 Å². The normalized spacial score (nSPS) is 10.9. The van der Waals surface area contributed by atoms with E-state index in [-0.39, 0.29) is 27.8 Å². The Morgan fingerprint density at radius 3 is 1.77 bits per heavy atom. The Balaban J connectivity index is 1.66. The zero-order valence-corrected chi connectivity index (χ0v) is 21.9. The summed E-state index contributed by atoms with van der Waals surface area (Å²) in [6.07, 6.45) is 3.99. The minimum atomic E-state index is -1.67. The maximum absolute atomic E-state index is 14.9. The lowest BCUT2D eigenvalue weighted by atomic mass is 9.96. The van der Waals surface area contributed by atoms with E-state index in [0.29, 0.717) is 30.5 Å². The van der Waals surface area contributed by atoms with Crippen LogP contribution in [0.25, 0.3) is 22.3 Å². The average Bonchev–Trinajstić information content (AvgIpc) is 2.91. The summed E-state index contributed by atoms with van der Waals surface area (Å²) in [7, 11) is 0. The molecule has 206 valence electrons. The van der Waals surface area contributed by atoms with Gasteiger partial charge in [-0.15, -0.1) is 0 Å². The highest BCUT2D eigenvalue weighted by molar-refractivity contribution is 5.68. The van der Waals surface area contributed by atoms with Gasteiger partial charge in [-0.25, -0.2) is 30.7 Å². The first kappa shape index (κ1) is 28.9. The molecule has 4 rings (SSSR count). The van der Waals surface area contributed by atoms with E-state index in [9.17, 15) is 30.7 Å². The van der Waals surface area contributed by atoms with Crippen LogP contribution in [0, 0.1) is 52.6 Å². The predicted molar refractivity (Wildman–Crippen MR) is 142 cm³/mol. The van der Waals surface area contributed by atoms with Gasteiger partial charge in [0.05, 0.1) is 5.56 Å². The summed E-state index contributed by atoms with van der Waals surface area (Å²) in [6, 6.07) is 10.2. The number of rotatable bonds is 7. The predicted octanol–water partition coefficient (Wildman–Crippen LogP) is 9.69. The molecule has 0 saturated carbocycles. The molecule has 0 amide bonds. The highest BCUT2D eigenvalue weighted by atomic mass is 19.2. The standard InChI is InChI=1S/C33H25F7/c1-3-5-6-7-19-8-10-24(27(34)12-19)22-15-28(35)25(29(36)16-22)11-9-21-14-30(37)26(13-20(21)4-2)23-17-31(38)33(40)32(39)18-23/h8,10,12-18H,3-7H2,1-2H3. The molecule has 0 radical (unpaired) electrons. The van der Waals surface area contributed by atoms with Gasteiger partial charge < -0.3 is 0 Å². The van der Waals surface area contributed by atoms with E-state index < -0.39 is 46.3 Å². The van der Waals surface area contributed by atoms with E-state index in [1.165, 1.54) is 18.2 Å². The van der Waals surface area contributed by atoms with E-state index in [2.05, 4.69) is 18.8 Å². The van der Waals surface area contributed by atoms with Crippen LogP contribution in [0.1, 0.15) is 55.4 Å². The molecule has 0 bridgehead atoms. The molecule has 0 nitrogen and oxygen atoms in total. The molecule has 0 atom stereocenters. The van der Waals surface area contributed by atoms with E-state index >= 15 is 0 Å². The van der Waals surface area contributed by atoms with Gasteiger partial charge in [0.25, 0.3) is 0 Å². The molecular formula is C33H25F7. The lowest BCUT2D eigenvalue weighted by Gasteiger charge is -2.10. The van der Waals surface area contributed by atoms with Gasteiger partial charge in [-0.1, -0.05) is 50.7 Å². The largest absolute Gasteiger partial charge is 0.206 e. The van der Waals surface area contributed by atoms with Crippen molar-refractivity contribution < 1.29 is 30.7 Å². The van der Waals surface area contributed by atoms with Crippen molar-refractivity contribution in [2.24, 2.45) is 0 Å². The topological polar surface area (TPSA) is 0 Å². The van der Waals surface area contributed by atoms with Crippen molar-refractivity contribution in [2.45, 2.75) is 46.0 Å². The zero-order valence-electron chi connectivity index (χ0n) is 21.9. The van der Waals surface area contributed by atoms with E-state index in [1.807, 2.05) is 0 Å². The molecule has 0 aromatic heterocycles. The van der Waals surface area contributed by atoms with Crippen molar-refractivity contribution in [2.75, 3.05) is 0 Å². The second-order valence-corrected chi connectivity index (χ2v) is 9.43. The maximum atomic E-state index is 14.9. The molecule has 7 heteroatoms. The average molecular weight is 555 g/mol. The number of unbranched alkanes of at least 4 members (excludes halogenated alkanes) is 2. The van der Waals surface area contributed by atoms with Crippen LogP contribution in [-0.2, 0) is 12.8 Å². The highest BCUT2D eigenvalue weighted by Gasteiger charge is 2.17.